The van der Waals surface area contributed by atoms with Crippen LogP contribution in [0.5, 0.6) is 0 Å². The van der Waals surface area contributed by atoms with Crippen LogP contribution in [0, 0.1) is 11.6 Å². The number of imidazole rings is 1. The number of fused-ring (bicyclic) bond motifs is 1. The third-order valence-corrected chi connectivity index (χ3v) is 4.61. The molecule has 0 unspecified atom stereocenters. The Kier molecular flexibility index (Phi) is 4.89. The van der Waals surface area contributed by atoms with E-state index in [0.29, 0.717) is 17.0 Å². The van der Waals surface area contributed by atoms with Crippen LogP contribution in [0.25, 0.3) is 11.2 Å². The highest BCUT2D eigenvalue weighted by Crippen LogP contribution is 2.32. The van der Waals surface area contributed by atoms with E-state index in [9.17, 15) is 24.1 Å². The SMILES string of the molecule is OC[C@H]1O[C@@H](n2cnc3c(NCc4ccc(F)cc4F)ncnc32)[C@H](O)[C@@H]1O. The summed E-state index contributed by atoms with van der Waals surface area (Å²) in [6.45, 7) is -0.411. The summed E-state index contributed by atoms with van der Waals surface area (Å²) in [5, 5.41) is 32.3. The molecule has 148 valence electrons. The zero-order valence-corrected chi connectivity index (χ0v) is 14.4. The summed E-state index contributed by atoms with van der Waals surface area (Å²) in [4.78, 5) is 12.4. The van der Waals surface area contributed by atoms with E-state index in [2.05, 4.69) is 20.3 Å². The third kappa shape index (κ3) is 3.18. The number of aliphatic hydroxyl groups is 3. The summed E-state index contributed by atoms with van der Waals surface area (Å²) in [6.07, 6.45) is -1.84. The summed E-state index contributed by atoms with van der Waals surface area (Å²) in [5.74, 6) is -1.04. The van der Waals surface area contributed by atoms with E-state index in [1.807, 2.05) is 0 Å². The van der Waals surface area contributed by atoms with Crippen molar-refractivity contribution in [2.75, 3.05) is 11.9 Å². The van der Waals surface area contributed by atoms with Gasteiger partial charge in [0.2, 0.25) is 0 Å². The van der Waals surface area contributed by atoms with Gasteiger partial charge in [-0.25, -0.2) is 23.7 Å². The fourth-order valence-electron chi connectivity index (χ4n) is 3.12. The normalized spacial score (nSPS) is 24.8. The predicted molar refractivity (Wildman–Crippen MR) is 92.0 cm³/mol. The van der Waals surface area contributed by atoms with E-state index in [4.69, 9.17) is 4.74 Å². The van der Waals surface area contributed by atoms with Gasteiger partial charge in [0.15, 0.2) is 23.2 Å². The highest BCUT2D eigenvalue weighted by atomic mass is 19.1. The van der Waals surface area contributed by atoms with Gasteiger partial charge >= 0.3 is 0 Å². The fraction of sp³-hybridized carbons (Fsp3) is 0.353. The number of anilines is 1. The Morgan fingerprint density at radius 1 is 1.14 bits per heavy atom. The molecule has 1 aromatic carbocycles. The van der Waals surface area contributed by atoms with E-state index in [0.717, 1.165) is 12.1 Å². The van der Waals surface area contributed by atoms with Gasteiger partial charge in [0.1, 0.15) is 36.3 Å². The van der Waals surface area contributed by atoms with E-state index in [-0.39, 0.29) is 12.1 Å². The zero-order valence-electron chi connectivity index (χ0n) is 14.4. The maximum Gasteiger partial charge on any atom is 0.167 e. The minimum atomic E-state index is -1.28. The average Bonchev–Trinajstić information content (AvgIpc) is 3.23. The standard InChI is InChI=1S/C17H17F2N5O4/c18-9-2-1-8(10(19)3-9)4-20-15-12-16(22-6-21-15)24(7-23-12)17-14(27)13(26)11(5-25)28-17/h1-3,6-7,11,13-14,17,25-27H,4-5H2,(H,20,21,22)/t11-,13-,14-,17-/m1/s1. The van der Waals surface area contributed by atoms with Crippen molar-refractivity contribution in [2.24, 2.45) is 0 Å². The van der Waals surface area contributed by atoms with Crippen LogP contribution in [0.4, 0.5) is 14.6 Å². The van der Waals surface area contributed by atoms with Gasteiger partial charge in [-0.15, -0.1) is 0 Å². The number of hydrogen-bond donors (Lipinski definition) is 4. The molecule has 4 N–H and O–H groups in total. The molecule has 28 heavy (non-hydrogen) atoms. The van der Waals surface area contributed by atoms with Gasteiger partial charge in [-0.2, -0.15) is 0 Å². The molecule has 0 bridgehead atoms. The van der Waals surface area contributed by atoms with Gasteiger partial charge in [-0.1, -0.05) is 6.07 Å². The molecule has 0 radical (unpaired) electrons. The third-order valence-electron chi connectivity index (χ3n) is 4.61. The lowest BCUT2D eigenvalue weighted by Crippen LogP contribution is -2.33. The van der Waals surface area contributed by atoms with Crippen molar-refractivity contribution in [2.45, 2.75) is 31.1 Å². The zero-order chi connectivity index (χ0) is 19.8. The van der Waals surface area contributed by atoms with Gasteiger partial charge < -0.3 is 25.4 Å². The first-order valence-corrected chi connectivity index (χ1v) is 8.47. The number of nitrogens with zero attached hydrogens (tertiary/aromatic N) is 4. The molecule has 1 fully saturated rings. The van der Waals surface area contributed by atoms with Crippen molar-refractivity contribution in [3.63, 3.8) is 0 Å². The topological polar surface area (TPSA) is 126 Å². The lowest BCUT2D eigenvalue weighted by Gasteiger charge is -2.16. The largest absolute Gasteiger partial charge is 0.394 e. The summed E-state index contributed by atoms with van der Waals surface area (Å²) < 4.78 is 33.7. The first-order valence-electron chi connectivity index (χ1n) is 8.47. The van der Waals surface area contributed by atoms with Gasteiger partial charge in [0.25, 0.3) is 0 Å². The first kappa shape index (κ1) is 18.6. The highest BCUT2D eigenvalue weighted by Gasteiger charge is 2.44. The van der Waals surface area contributed by atoms with Gasteiger partial charge in [-0.3, -0.25) is 4.57 Å². The summed E-state index contributed by atoms with van der Waals surface area (Å²) >= 11 is 0. The average molecular weight is 393 g/mol. The first-order chi connectivity index (χ1) is 13.5. The summed E-state index contributed by atoms with van der Waals surface area (Å²) in [5.41, 5.74) is 0.894. The Morgan fingerprint density at radius 3 is 2.68 bits per heavy atom. The van der Waals surface area contributed by atoms with E-state index < -0.39 is 42.8 Å². The molecule has 0 amide bonds. The molecule has 2 aromatic heterocycles. The molecule has 0 aliphatic carbocycles. The maximum absolute atomic E-state index is 13.8. The Hall–Kier alpha value is -2.73. The number of hydrogen-bond acceptors (Lipinski definition) is 8. The van der Waals surface area contributed by atoms with Crippen LogP contribution in [-0.2, 0) is 11.3 Å². The van der Waals surface area contributed by atoms with Crippen LogP contribution < -0.4 is 5.32 Å². The fourth-order valence-corrected chi connectivity index (χ4v) is 3.12. The molecular formula is C17H17F2N5O4. The molecule has 0 spiro atoms. The number of aliphatic hydroxyl groups excluding tert-OH is 3. The van der Waals surface area contributed by atoms with E-state index >= 15 is 0 Å². The summed E-state index contributed by atoms with van der Waals surface area (Å²) in [7, 11) is 0. The Morgan fingerprint density at radius 2 is 1.96 bits per heavy atom. The second-order valence-corrected chi connectivity index (χ2v) is 6.36. The highest BCUT2D eigenvalue weighted by molar-refractivity contribution is 5.82. The van der Waals surface area contributed by atoms with Crippen LogP contribution in [0.15, 0.2) is 30.9 Å². The van der Waals surface area contributed by atoms with Gasteiger partial charge in [0.05, 0.1) is 12.9 Å². The number of halogens is 2. The van der Waals surface area contributed by atoms with Crippen LogP contribution >= 0.6 is 0 Å². The molecule has 9 nitrogen and oxygen atoms in total. The number of aromatic nitrogens is 4. The van der Waals surface area contributed by atoms with Crippen LogP contribution in [0.1, 0.15) is 11.8 Å². The van der Waals surface area contributed by atoms with Crippen molar-refractivity contribution in [3.8, 4) is 0 Å². The summed E-state index contributed by atoms with van der Waals surface area (Å²) in [6, 6.07) is 3.28. The molecule has 1 aliphatic rings. The molecule has 1 aliphatic heterocycles. The van der Waals surface area contributed by atoms with Crippen molar-refractivity contribution >= 4 is 17.0 Å². The van der Waals surface area contributed by atoms with Gasteiger partial charge in [0, 0.05) is 18.2 Å². The molecule has 4 rings (SSSR count). The quantitative estimate of drug-likeness (QED) is 0.489. The lowest BCUT2D eigenvalue weighted by atomic mass is 10.1. The van der Waals surface area contributed by atoms with Crippen LogP contribution in [0.3, 0.4) is 0 Å². The number of benzene rings is 1. The van der Waals surface area contributed by atoms with Gasteiger partial charge in [-0.05, 0) is 6.07 Å². The van der Waals surface area contributed by atoms with E-state index in [1.54, 1.807) is 0 Å². The monoisotopic (exact) mass is 393 g/mol. The van der Waals surface area contributed by atoms with Crippen LogP contribution in [0.2, 0.25) is 0 Å². The maximum atomic E-state index is 13.8. The Labute approximate surface area is 157 Å². The molecular weight excluding hydrogens is 376 g/mol. The number of nitrogens with one attached hydrogen (secondary N) is 1. The second-order valence-electron chi connectivity index (χ2n) is 6.36. The van der Waals surface area contributed by atoms with Crippen molar-refractivity contribution in [1.82, 2.24) is 19.5 Å². The smallest absolute Gasteiger partial charge is 0.167 e. The number of rotatable bonds is 5. The van der Waals surface area contributed by atoms with Crippen molar-refractivity contribution in [3.05, 3.63) is 48.1 Å². The Balaban J connectivity index is 1.60. The molecule has 11 heteroatoms. The molecule has 3 aromatic rings. The minimum Gasteiger partial charge on any atom is -0.394 e. The van der Waals surface area contributed by atoms with Crippen molar-refractivity contribution in [1.29, 1.82) is 0 Å². The molecule has 1 saturated heterocycles. The minimum absolute atomic E-state index is 0.0406. The predicted octanol–water partition coefficient (Wildman–Crippen LogP) is 0.328. The van der Waals surface area contributed by atoms with Crippen molar-refractivity contribution < 1.29 is 28.8 Å². The molecule has 3 heterocycles. The Bertz CT molecular complexity index is 1000. The lowest BCUT2D eigenvalue weighted by molar-refractivity contribution is -0.0511. The van der Waals surface area contributed by atoms with E-state index in [1.165, 1.54) is 23.3 Å². The molecule has 0 saturated carbocycles. The second kappa shape index (κ2) is 7.36. The van der Waals surface area contributed by atoms with Crippen LogP contribution in [-0.4, -0.2) is 59.8 Å². The number of ether oxygens (including phenoxy) is 1. The molecule has 4 atom stereocenters.